The van der Waals surface area contributed by atoms with Crippen molar-refractivity contribution in [2.75, 3.05) is 13.2 Å². The van der Waals surface area contributed by atoms with Gasteiger partial charge in [0.25, 0.3) is 0 Å². The molecular formula is C8H13N5O3. The zero-order valence-corrected chi connectivity index (χ0v) is 8.89. The number of amides is 1. The van der Waals surface area contributed by atoms with Crippen molar-refractivity contribution in [2.45, 2.75) is 19.8 Å². The van der Waals surface area contributed by atoms with E-state index in [0.29, 0.717) is 12.4 Å². The van der Waals surface area contributed by atoms with E-state index in [1.54, 1.807) is 6.92 Å². The van der Waals surface area contributed by atoms with Gasteiger partial charge in [-0.2, -0.15) is 0 Å². The minimum atomic E-state index is -0.330. The average molecular weight is 227 g/mol. The molecule has 0 aliphatic heterocycles. The Balaban J connectivity index is 2.13. The van der Waals surface area contributed by atoms with Crippen molar-refractivity contribution in [1.82, 2.24) is 25.9 Å². The molecule has 1 rings (SSSR count). The Morgan fingerprint density at radius 3 is 2.94 bits per heavy atom. The number of hydrogen-bond acceptors (Lipinski definition) is 6. The molecule has 1 aromatic heterocycles. The summed E-state index contributed by atoms with van der Waals surface area (Å²) in [4.78, 5) is 22.2. The Morgan fingerprint density at radius 1 is 1.50 bits per heavy atom. The van der Waals surface area contributed by atoms with E-state index in [1.165, 1.54) is 0 Å². The third-order valence-electron chi connectivity index (χ3n) is 1.67. The van der Waals surface area contributed by atoms with Crippen LogP contribution in [0.5, 0.6) is 0 Å². The quantitative estimate of drug-likeness (QED) is 0.591. The highest BCUT2D eigenvalue weighted by molar-refractivity contribution is 5.78. The van der Waals surface area contributed by atoms with Gasteiger partial charge in [-0.05, 0) is 17.4 Å². The summed E-state index contributed by atoms with van der Waals surface area (Å²) in [6.07, 6.45) is 0.226. The molecule has 0 bridgehead atoms. The second-order valence-electron chi connectivity index (χ2n) is 2.93. The van der Waals surface area contributed by atoms with E-state index in [4.69, 9.17) is 4.74 Å². The Kier molecular flexibility index (Phi) is 4.90. The molecule has 2 N–H and O–H groups in total. The second-order valence-corrected chi connectivity index (χ2v) is 2.93. The zero-order valence-electron chi connectivity index (χ0n) is 8.89. The molecule has 8 heteroatoms. The molecule has 0 unspecified atom stereocenters. The minimum Gasteiger partial charge on any atom is -0.466 e. The fourth-order valence-corrected chi connectivity index (χ4v) is 1.01. The Labute approximate surface area is 91.7 Å². The van der Waals surface area contributed by atoms with E-state index in [9.17, 15) is 9.59 Å². The van der Waals surface area contributed by atoms with Crippen LogP contribution in [0.25, 0.3) is 0 Å². The first-order valence-corrected chi connectivity index (χ1v) is 4.87. The van der Waals surface area contributed by atoms with Crippen LogP contribution in [0.3, 0.4) is 0 Å². The number of tetrazole rings is 1. The first-order valence-electron chi connectivity index (χ1n) is 4.87. The van der Waals surface area contributed by atoms with Crippen molar-refractivity contribution >= 4 is 11.9 Å². The molecule has 1 amide bonds. The van der Waals surface area contributed by atoms with Gasteiger partial charge in [-0.25, -0.2) is 5.10 Å². The van der Waals surface area contributed by atoms with E-state index < -0.39 is 0 Å². The molecule has 0 atom stereocenters. The van der Waals surface area contributed by atoms with Gasteiger partial charge in [-0.1, -0.05) is 0 Å². The van der Waals surface area contributed by atoms with Crippen molar-refractivity contribution in [2.24, 2.45) is 0 Å². The highest BCUT2D eigenvalue weighted by Crippen LogP contribution is 1.87. The molecule has 1 heterocycles. The van der Waals surface area contributed by atoms with Crippen LogP contribution in [0.1, 0.15) is 19.2 Å². The number of aromatic nitrogens is 4. The van der Waals surface area contributed by atoms with Gasteiger partial charge in [0.1, 0.15) is 0 Å². The van der Waals surface area contributed by atoms with Gasteiger partial charge >= 0.3 is 5.97 Å². The molecule has 1 aromatic rings. The lowest BCUT2D eigenvalue weighted by molar-refractivity contribution is -0.143. The van der Waals surface area contributed by atoms with E-state index in [-0.39, 0.29) is 31.3 Å². The van der Waals surface area contributed by atoms with Crippen molar-refractivity contribution in [3.05, 3.63) is 5.82 Å². The van der Waals surface area contributed by atoms with E-state index in [1.807, 2.05) is 0 Å². The molecule has 16 heavy (non-hydrogen) atoms. The number of hydrogen-bond donors (Lipinski definition) is 2. The fourth-order valence-electron chi connectivity index (χ4n) is 1.01. The Morgan fingerprint density at radius 2 is 2.31 bits per heavy atom. The smallest absolute Gasteiger partial charge is 0.307 e. The SMILES string of the molecule is CCOC(=O)CCNC(=O)Cc1nnn[nH]1. The monoisotopic (exact) mass is 227 g/mol. The summed E-state index contributed by atoms with van der Waals surface area (Å²) in [5.74, 6) is -0.194. The Bertz CT molecular complexity index is 337. The lowest BCUT2D eigenvalue weighted by Gasteiger charge is -2.03. The summed E-state index contributed by atoms with van der Waals surface area (Å²) in [6.45, 7) is 2.32. The van der Waals surface area contributed by atoms with Gasteiger partial charge in [-0.3, -0.25) is 9.59 Å². The van der Waals surface area contributed by atoms with Crippen molar-refractivity contribution in [1.29, 1.82) is 0 Å². The minimum absolute atomic E-state index is 0.0653. The summed E-state index contributed by atoms with van der Waals surface area (Å²) in [6, 6.07) is 0. The van der Waals surface area contributed by atoms with Crippen LogP contribution >= 0.6 is 0 Å². The third kappa shape index (κ3) is 4.49. The summed E-state index contributed by atoms with van der Waals surface area (Å²) in [5.41, 5.74) is 0. The van der Waals surface area contributed by atoms with Crippen LogP contribution < -0.4 is 5.32 Å². The summed E-state index contributed by atoms with van der Waals surface area (Å²) >= 11 is 0. The van der Waals surface area contributed by atoms with Gasteiger partial charge in [0.05, 0.1) is 19.4 Å². The summed E-state index contributed by atoms with van der Waals surface area (Å²) in [7, 11) is 0. The molecule has 0 radical (unpaired) electrons. The van der Waals surface area contributed by atoms with Crippen LogP contribution in [0.2, 0.25) is 0 Å². The van der Waals surface area contributed by atoms with Crippen LogP contribution in [0, 0.1) is 0 Å². The van der Waals surface area contributed by atoms with Crippen LogP contribution in [-0.4, -0.2) is 45.7 Å². The summed E-state index contributed by atoms with van der Waals surface area (Å²) in [5, 5.41) is 15.2. The standard InChI is InChI=1S/C8H13N5O3/c1-2-16-8(15)3-4-9-7(14)5-6-10-12-13-11-6/h2-5H2,1H3,(H,9,14)(H,10,11,12,13). The average Bonchev–Trinajstić information content (AvgIpc) is 2.70. The van der Waals surface area contributed by atoms with Gasteiger partial charge in [0.2, 0.25) is 5.91 Å². The maximum absolute atomic E-state index is 11.3. The molecular weight excluding hydrogens is 214 g/mol. The van der Waals surface area contributed by atoms with Crippen molar-refractivity contribution < 1.29 is 14.3 Å². The van der Waals surface area contributed by atoms with Crippen LogP contribution in [-0.2, 0) is 20.7 Å². The molecule has 0 saturated carbocycles. The molecule has 0 saturated heterocycles. The molecule has 0 spiro atoms. The number of carbonyl (C=O) groups excluding carboxylic acids is 2. The molecule has 0 aliphatic rings. The van der Waals surface area contributed by atoms with Gasteiger partial charge in [0.15, 0.2) is 5.82 Å². The molecule has 88 valence electrons. The number of rotatable bonds is 6. The van der Waals surface area contributed by atoms with E-state index in [0.717, 1.165) is 0 Å². The normalized spacial score (nSPS) is 9.81. The number of carbonyl (C=O) groups is 2. The molecule has 8 nitrogen and oxygen atoms in total. The van der Waals surface area contributed by atoms with Gasteiger partial charge in [-0.15, -0.1) is 5.10 Å². The molecule has 0 fully saturated rings. The largest absolute Gasteiger partial charge is 0.466 e. The lowest BCUT2D eigenvalue weighted by atomic mass is 10.3. The number of ether oxygens (including phenoxy) is 1. The van der Waals surface area contributed by atoms with Gasteiger partial charge in [0, 0.05) is 6.54 Å². The van der Waals surface area contributed by atoms with E-state index in [2.05, 4.69) is 25.9 Å². The number of nitrogens with one attached hydrogen (secondary N) is 2. The second kappa shape index (κ2) is 6.49. The highest BCUT2D eigenvalue weighted by atomic mass is 16.5. The topological polar surface area (TPSA) is 110 Å². The molecule has 0 aliphatic carbocycles. The zero-order chi connectivity index (χ0) is 11.8. The van der Waals surface area contributed by atoms with Crippen LogP contribution in [0.15, 0.2) is 0 Å². The lowest BCUT2D eigenvalue weighted by Crippen LogP contribution is -2.28. The third-order valence-corrected chi connectivity index (χ3v) is 1.67. The highest BCUT2D eigenvalue weighted by Gasteiger charge is 2.07. The first kappa shape index (κ1) is 12.1. The maximum atomic E-state index is 11.3. The van der Waals surface area contributed by atoms with E-state index >= 15 is 0 Å². The predicted molar refractivity (Wildman–Crippen MR) is 52.1 cm³/mol. The fraction of sp³-hybridized carbons (Fsp3) is 0.625. The number of aromatic amines is 1. The van der Waals surface area contributed by atoms with Crippen LogP contribution in [0.4, 0.5) is 0 Å². The Hall–Kier alpha value is -1.99. The van der Waals surface area contributed by atoms with Crippen molar-refractivity contribution in [3.63, 3.8) is 0 Å². The molecule has 0 aromatic carbocycles. The van der Waals surface area contributed by atoms with Crippen molar-refractivity contribution in [3.8, 4) is 0 Å². The first-order chi connectivity index (χ1) is 7.72. The number of nitrogens with zero attached hydrogens (tertiary/aromatic N) is 3. The predicted octanol–water partition coefficient (Wildman–Crippen LogP) is -1.19. The number of H-pyrrole nitrogens is 1. The van der Waals surface area contributed by atoms with Gasteiger partial charge < -0.3 is 10.1 Å². The number of esters is 1. The summed E-state index contributed by atoms with van der Waals surface area (Å²) < 4.78 is 4.70. The maximum Gasteiger partial charge on any atom is 0.307 e.